The second-order valence-electron chi connectivity index (χ2n) is 4.11. The van der Waals surface area contributed by atoms with Gasteiger partial charge in [0.15, 0.2) is 0 Å². The first-order chi connectivity index (χ1) is 9.26. The third-order valence-corrected chi connectivity index (χ3v) is 2.79. The number of rotatable bonds is 5. The Labute approximate surface area is 111 Å². The van der Waals surface area contributed by atoms with Crippen LogP contribution in [0, 0.1) is 5.82 Å². The highest BCUT2D eigenvalue weighted by Crippen LogP contribution is 2.29. The maximum absolute atomic E-state index is 13.8. The topological polar surface area (TPSA) is 41.5 Å². The lowest BCUT2D eigenvalue weighted by Gasteiger charge is -2.13. The number of ether oxygens (including phenoxy) is 1. The molecule has 0 saturated carbocycles. The normalized spacial score (nSPS) is 10.5. The maximum Gasteiger partial charge on any atom is 0.134 e. The molecule has 0 aromatic heterocycles. The molecule has 0 radical (unpaired) electrons. The summed E-state index contributed by atoms with van der Waals surface area (Å²) in [5.74, 6) is 0.677. The number of aliphatic hydroxyl groups excluding tert-OH is 1. The van der Waals surface area contributed by atoms with E-state index in [0.717, 1.165) is 0 Å². The number of halogens is 1. The van der Waals surface area contributed by atoms with Gasteiger partial charge in [0, 0.05) is 17.7 Å². The number of hydrogen-bond donors (Lipinski definition) is 2. The molecule has 0 atom stereocenters. The quantitative estimate of drug-likeness (QED) is 0.869. The van der Waals surface area contributed by atoms with Crippen molar-refractivity contribution in [1.29, 1.82) is 0 Å². The molecule has 0 saturated heterocycles. The minimum atomic E-state index is -0.312. The molecule has 0 amide bonds. The highest BCUT2D eigenvalue weighted by molar-refractivity contribution is 5.41. The van der Waals surface area contributed by atoms with Crippen LogP contribution in [0.2, 0.25) is 0 Å². The van der Waals surface area contributed by atoms with Crippen LogP contribution in [-0.4, -0.2) is 12.2 Å². The van der Waals surface area contributed by atoms with Crippen LogP contribution in [0.5, 0.6) is 11.5 Å². The lowest BCUT2D eigenvalue weighted by atomic mass is 10.1. The molecule has 2 aromatic carbocycles. The van der Waals surface area contributed by atoms with E-state index in [1.54, 1.807) is 31.3 Å². The van der Waals surface area contributed by atoms with Crippen molar-refractivity contribution in [3.05, 3.63) is 59.4 Å². The van der Waals surface area contributed by atoms with Crippen LogP contribution in [0.3, 0.4) is 0 Å². The standard InChI is InChI=1S/C15H16FNO2/c1-17-9-12-13(16)6-4-8-15(12)19-14-7-3-2-5-11(14)10-18/h2-8,17-18H,9-10H2,1H3. The number of para-hydroxylation sites is 1. The summed E-state index contributed by atoms with van der Waals surface area (Å²) in [4.78, 5) is 0. The van der Waals surface area contributed by atoms with Crippen molar-refractivity contribution in [1.82, 2.24) is 5.32 Å². The van der Waals surface area contributed by atoms with E-state index in [1.165, 1.54) is 6.07 Å². The van der Waals surface area contributed by atoms with E-state index in [2.05, 4.69) is 5.32 Å². The fourth-order valence-corrected chi connectivity index (χ4v) is 1.84. The van der Waals surface area contributed by atoms with Gasteiger partial charge in [-0.25, -0.2) is 4.39 Å². The molecule has 100 valence electrons. The van der Waals surface area contributed by atoms with Crippen molar-refractivity contribution in [2.45, 2.75) is 13.2 Å². The second-order valence-corrected chi connectivity index (χ2v) is 4.11. The van der Waals surface area contributed by atoms with Gasteiger partial charge in [0.25, 0.3) is 0 Å². The van der Waals surface area contributed by atoms with Crippen molar-refractivity contribution < 1.29 is 14.2 Å². The summed E-state index contributed by atoms with van der Waals surface area (Å²) in [6, 6.07) is 11.9. The Morgan fingerprint density at radius 2 is 1.84 bits per heavy atom. The molecule has 4 heteroatoms. The van der Waals surface area contributed by atoms with Crippen LogP contribution in [0.25, 0.3) is 0 Å². The molecule has 0 unspecified atom stereocenters. The third kappa shape index (κ3) is 3.10. The summed E-state index contributed by atoms with van der Waals surface area (Å²) in [5, 5.41) is 12.2. The van der Waals surface area contributed by atoms with Gasteiger partial charge in [-0.2, -0.15) is 0 Å². The van der Waals surface area contributed by atoms with Gasteiger partial charge in [0.05, 0.1) is 6.61 Å². The SMILES string of the molecule is CNCc1c(F)cccc1Oc1ccccc1CO. The zero-order valence-corrected chi connectivity index (χ0v) is 10.7. The van der Waals surface area contributed by atoms with Crippen LogP contribution in [0.4, 0.5) is 4.39 Å². The predicted octanol–water partition coefficient (Wildman–Crippen LogP) is 2.83. The molecule has 2 N–H and O–H groups in total. The highest BCUT2D eigenvalue weighted by Gasteiger charge is 2.11. The van der Waals surface area contributed by atoms with E-state index < -0.39 is 0 Å². The van der Waals surface area contributed by atoms with Crippen molar-refractivity contribution in [2.75, 3.05) is 7.05 Å². The van der Waals surface area contributed by atoms with Gasteiger partial charge in [-0.3, -0.25) is 0 Å². The van der Waals surface area contributed by atoms with Gasteiger partial charge in [-0.05, 0) is 25.2 Å². The summed E-state index contributed by atoms with van der Waals surface area (Å²) in [6.45, 7) is 0.260. The maximum atomic E-state index is 13.8. The predicted molar refractivity (Wildman–Crippen MR) is 71.6 cm³/mol. The summed E-state index contributed by atoms with van der Waals surface area (Å²) >= 11 is 0. The van der Waals surface area contributed by atoms with Crippen molar-refractivity contribution >= 4 is 0 Å². The molecule has 0 bridgehead atoms. The van der Waals surface area contributed by atoms with Crippen molar-refractivity contribution in [2.24, 2.45) is 0 Å². The van der Waals surface area contributed by atoms with E-state index in [-0.39, 0.29) is 12.4 Å². The van der Waals surface area contributed by atoms with Gasteiger partial charge in [-0.15, -0.1) is 0 Å². The highest BCUT2D eigenvalue weighted by atomic mass is 19.1. The number of nitrogens with one attached hydrogen (secondary N) is 1. The summed E-state index contributed by atoms with van der Waals surface area (Å²) < 4.78 is 19.5. The van der Waals surface area contributed by atoms with Crippen LogP contribution < -0.4 is 10.1 Å². The minimum Gasteiger partial charge on any atom is -0.457 e. The Balaban J connectivity index is 2.35. The average molecular weight is 261 g/mol. The lowest BCUT2D eigenvalue weighted by Crippen LogP contribution is -2.08. The van der Waals surface area contributed by atoms with Crippen LogP contribution >= 0.6 is 0 Å². The molecule has 0 aliphatic rings. The molecular weight excluding hydrogens is 245 g/mol. The zero-order valence-electron chi connectivity index (χ0n) is 10.7. The molecule has 0 heterocycles. The Hall–Kier alpha value is -1.91. The van der Waals surface area contributed by atoms with Gasteiger partial charge in [0.2, 0.25) is 0 Å². The van der Waals surface area contributed by atoms with Gasteiger partial charge < -0.3 is 15.2 Å². The van der Waals surface area contributed by atoms with E-state index in [1.807, 2.05) is 12.1 Å². The second kappa shape index (κ2) is 6.31. The lowest BCUT2D eigenvalue weighted by molar-refractivity contribution is 0.276. The van der Waals surface area contributed by atoms with E-state index in [4.69, 9.17) is 4.74 Å². The molecular formula is C15H16FNO2. The first kappa shape index (κ1) is 13.5. The van der Waals surface area contributed by atoms with Gasteiger partial charge in [0.1, 0.15) is 17.3 Å². The summed E-state index contributed by atoms with van der Waals surface area (Å²) in [6.07, 6.45) is 0. The van der Waals surface area contributed by atoms with E-state index in [0.29, 0.717) is 29.2 Å². The molecule has 2 rings (SSSR count). The van der Waals surface area contributed by atoms with Gasteiger partial charge >= 0.3 is 0 Å². The van der Waals surface area contributed by atoms with E-state index in [9.17, 15) is 9.50 Å². The zero-order chi connectivity index (χ0) is 13.7. The van der Waals surface area contributed by atoms with Crippen LogP contribution in [-0.2, 0) is 13.2 Å². The first-order valence-corrected chi connectivity index (χ1v) is 6.05. The Bertz CT molecular complexity index is 558. The summed E-state index contributed by atoms with van der Waals surface area (Å²) in [7, 11) is 1.75. The van der Waals surface area contributed by atoms with E-state index >= 15 is 0 Å². The smallest absolute Gasteiger partial charge is 0.134 e. The Morgan fingerprint density at radius 1 is 1.11 bits per heavy atom. The van der Waals surface area contributed by atoms with Crippen molar-refractivity contribution in [3.63, 3.8) is 0 Å². The molecule has 0 fully saturated rings. The fraction of sp³-hybridized carbons (Fsp3) is 0.200. The number of benzene rings is 2. The molecule has 0 aliphatic carbocycles. The minimum absolute atomic E-state index is 0.118. The number of aliphatic hydroxyl groups is 1. The third-order valence-electron chi connectivity index (χ3n) is 2.79. The van der Waals surface area contributed by atoms with Crippen LogP contribution in [0.1, 0.15) is 11.1 Å². The Morgan fingerprint density at radius 3 is 2.58 bits per heavy atom. The molecule has 2 aromatic rings. The molecule has 3 nitrogen and oxygen atoms in total. The summed E-state index contributed by atoms with van der Waals surface area (Å²) in [5.41, 5.74) is 1.14. The number of hydrogen-bond acceptors (Lipinski definition) is 3. The van der Waals surface area contributed by atoms with Crippen molar-refractivity contribution in [3.8, 4) is 11.5 Å². The molecule has 0 aliphatic heterocycles. The largest absolute Gasteiger partial charge is 0.457 e. The van der Waals surface area contributed by atoms with Crippen LogP contribution in [0.15, 0.2) is 42.5 Å². The van der Waals surface area contributed by atoms with Gasteiger partial charge in [-0.1, -0.05) is 24.3 Å². The fourth-order valence-electron chi connectivity index (χ4n) is 1.84. The Kier molecular flexibility index (Phi) is 4.49. The molecule has 19 heavy (non-hydrogen) atoms. The first-order valence-electron chi connectivity index (χ1n) is 6.05. The molecule has 0 spiro atoms. The monoisotopic (exact) mass is 261 g/mol. The average Bonchev–Trinajstić information content (AvgIpc) is 2.43.